The van der Waals surface area contributed by atoms with Gasteiger partial charge in [0.15, 0.2) is 0 Å². The van der Waals surface area contributed by atoms with E-state index in [9.17, 15) is 4.39 Å². The lowest BCUT2D eigenvalue weighted by Crippen LogP contribution is -2.59. The van der Waals surface area contributed by atoms with Gasteiger partial charge in [-0.1, -0.05) is 38.1 Å². The molecule has 1 unspecified atom stereocenters. The van der Waals surface area contributed by atoms with Crippen LogP contribution in [-0.4, -0.2) is 52.8 Å². The highest BCUT2D eigenvalue weighted by Gasteiger charge is 2.31. The quantitative estimate of drug-likeness (QED) is 0.326. The smallest absolute Gasteiger partial charge is 0.148 e. The maximum atomic E-state index is 14.8. The number of halogens is 2. The summed E-state index contributed by atoms with van der Waals surface area (Å²) in [5, 5.41) is 5.44. The molecule has 0 bridgehead atoms. The third-order valence-corrected chi connectivity index (χ3v) is 8.51. The molecule has 5 rings (SSSR count). The molecule has 0 radical (unpaired) electrons. The number of benzene rings is 2. The highest BCUT2D eigenvalue weighted by Crippen LogP contribution is 2.35. The molecule has 0 spiro atoms. The highest BCUT2D eigenvalue weighted by atomic mass is 127. The van der Waals surface area contributed by atoms with Crippen molar-refractivity contribution in [1.29, 1.82) is 0 Å². The van der Waals surface area contributed by atoms with Crippen LogP contribution in [0.4, 0.5) is 10.2 Å². The first-order chi connectivity index (χ1) is 18.8. The molecule has 7 nitrogen and oxygen atoms in total. The van der Waals surface area contributed by atoms with Crippen LogP contribution in [0.2, 0.25) is 0 Å². The average Bonchev–Trinajstić information content (AvgIpc) is 3.11. The van der Waals surface area contributed by atoms with Gasteiger partial charge in [-0.05, 0) is 70.7 Å². The molecule has 2 aliphatic rings. The molecule has 2 atom stereocenters. The molecule has 3 aromatic rings. The van der Waals surface area contributed by atoms with Crippen LogP contribution in [0.25, 0.3) is 22.0 Å². The molecule has 3 heterocycles. The average molecular weight is 661 g/mol. The summed E-state index contributed by atoms with van der Waals surface area (Å²) < 4.78 is 15.9. The summed E-state index contributed by atoms with van der Waals surface area (Å²) in [5.74, 6) is 3.63. The zero-order chi connectivity index (χ0) is 27.7. The molecule has 0 aliphatic carbocycles. The van der Waals surface area contributed by atoms with Crippen LogP contribution in [0, 0.1) is 21.2 Å². The van der Waals surface area contributed by atoms with Crippen molar-refractivity contribution in [1.82, 2.24) is 14.9 Å². The van der Waals surface area contributed by atoms with E-state index in [4.69, 9.17) is 10.6 Å². The largest absolute Gasteiger partial charge is 0.360 e. The van der Waals surface area contributed by atoms with E-state index in [1.165, 1.54) is 0 Å². The summed E-state index contributed by atoms with van der Waals surface area (Å²) in [6.07, 6.45) is 6.30. The molecular weight excluding hydrogens is 626 g/mol. The van der Waals surface area contributed by atoms with Crippen LogP contribution in [0.3, 0.4) is 0 Å². The lowest BCUT2D eigenvalue weighted by Gasteiger charge is -2.42. The maximum Gasteiger partial charge on any atom is 0.148 e. The van der Waals surface area contributed by atoms with Crippen molar-refractivity contribution in [2.75, 3.05) is 30.8 Å². The second-order valence-electron chi connectivity index (χ2n) is 10.4. The minimum atomic E-state index is -0.294. The molecular formula is C29H34FIN6OS. The van der Waals surface area contributed by atoms with Crippen molar-refractivity contribution < 1.29 is 9.23 Å². The highest BCUT2D eigenvalue weighted by molar-refractivity contribution is 14.1. The van der Waals surface area contributed by atoms with Gasteiger partial charge in [-0.3, -0.25) is 0 Å². The molecule has 2 aliphatic heterocycles. The molecule has 0 saturated carbocycles. The van der Waals surface area contributed by atoms with E-state index < -0.39 is 0 Å². The number of oxime groups is 1. The Morgan fingerprint density at radius 2 is 2.03 bits per heavy atom. The Labute approximate surface area is 247 Å². The van der Waals surface area contributed by atoms with Crippen LogP contribution in [-0.2, 0) is 10.6 Å². The predicted octanol–water partition coefficient (Wildman–Crippen LogP) is 6.22. The predicted molar refractivity (Wildman–Crippen MR) is 167 cm³/mol. The fraction of sp³-hybridized carbons (Fsp3) is 0.414. The number of nitrogens with two attached hydrogens (primary N) is 1. The zero-order valence-corrected chi connectivity index (χ0v) is 25.7. The summed E-state index contributed by atoms with van der Waals surface area (Å²) in [6.45, 7) is 8.44. The molecule has 39 heavy (non-hydrogen) atoms. The monoisotopic (exact) mass is 660 g/mol. The summed E-state index contributed by atoms with van der Waals surface area (Å²) in [6, 6.07) is 9.58. The Hall–Kier alpha value is -2.44. The van der Waals surface area contributed by atoms with E-state index in [-0.39, 0.29) is 17.9 Å². The Kier molecular flexibility index (Phi) is 8.63. The first kappa shape index (κ1) is 28.1. The Bertz CT molecular complexity index is 1430. The van der Waals surface area contributed by atoms with Gasteiger partial charge in [0.2, 0.25) is 0 Å². The first-order valence-electron chi connectivity index (χ1n) is 13.2. The van der Waals surface area contributed by atoms with Gasteiger partial charge in [0.1, 0.15) is 29.6 Å². The van der Waals surface area contributed by atoms with Crippen molar-refractivity contribution >= 4 is 56.9 Å². The number of allylic oxidation sites excluding steroid dienone is 2. The standard InChI is InChI=1S/C29H34FIN6OS/c1-17(2)25-8-5-18(3)28(35-38-25)36-9-10-37(26(32)14-36)29-23-13-21(31)12-22(27(23)33-16-34-29)19-6-7-20(15-39-4)24(30)11-19/h6-8,11-13,16-18,26H,5,9-10,14-15,32H2,1-4H3/t18?,26-/m1/s1. The first-order valence-corrected chi connectivity index (χ1v) is 15.7. The number of amidine groups is 1. The van der Waals surface area contributed by atoms with E-state index in [1.54, 1.807) is 24.2 Å². The second-order valence-corrected chi connectivity index (χ2v) is 12.5. The third kappa shape index (κ3) is 5.88. The normalized spacial score (nSPS) is 20.1. The van der Waals surface area contributed by atoms with Crippen LogP contribution >= 0.6 is 34.4 Å². The second kappa shape index (κ2) is 12.0. The van der Waals surface area contributed by atoms with Crippen LogP contribution in [0.15, 0.2) is 53.7 Å². The number of rotatable bonds is 5. The molecule has 10 heteroatoms. The number of hydrogen-bond donors (Lipinski definition) is 1. The minimum absolute atomic E-state index is 0.198. The summed E-state index contributed by atoms with van der Waals surface area (Å²) >= 11 is 3.91. The molecule has 2 aromatic carbocycles. The van der Waals surface area contributed by atoms with E-state index >= 15 is 0 Å². The molecule has 206 valence electrons. The topological polar surface area (TPSA) is 79.9 Å². The lowest BCUT2D eigenvalue weighted by atomic mass is 10.0. The van der Waals surface area contributed by atoms with E-state index in [0.29, 0.717) is 30.3 Å². The number of hydrogen-bond acceptors (Lipinski definition) is 8. The van der Waals surface area contributed by atoms with Crippen molar-refractivity contribution in [3.63, 3.8) is 0 Å². The number of aromatic nitrogens is 2. The van der Waals surface area contributed by atoms with E-state index in [0.717, 1.165) is 56.0 Å². The van der Waals surface area contributed by atoms with Gasteiger partial charge in [0, 0.05) is 45.2 Å². The van der Waals surface area contributed by atoms with Gasteiger partial charge in [0.05, 0.1) is 18.2 Å². The molecule has 1 fully saturated rings. The number of nitrogens with zero attached hydrogens (tertiary/aromatic N) is 5. The molecule has 0 amide bonds. The molecule has 1 aromatic heterocycles. The summed E-state index contributed by atoms with van der Waals surface area (Å²) in [4.78, 5) is 19.5. The number of thioether (sulfide) groups is 1. The maximum absolute atomic E-state index is 14.8. The third-order valence-electron chi connectivity index (χ3n) is 7.29. The SMILES string of the molecule is CSCc1ccc(-c2cc(I)cc3c(N4CCN(C5=NOC(C(C)C)=CCC5C)C[C@@H]4N)ncnc23)cc1F. The number of fused-ring (bicyclic) bond motifs is 1. The fourth-order valence-corrected chi connectivity index (χ4v) is 6.34. The van der Waals surface area contributed by atoms with Gasteiger partial charge in [-0.15, -0.1) is 0 Å². The Morgan fingerprint density at radius 3 is 2.74 bits per heavy atom. The van der Waals surface area contributed by atoms with E-state index in [1.807, 2.05) is 24.5 Å². The summed E-state index contributed by atoms with van der Waals surface area (Å²) in [7, 11) is 0. The van der Waals surface area contributed by atoms with Crippen molar-refractivity contribution in [2.45, 2.75) is 39.1 Å². The van der Waals surface area contributed by atoms with Crippen LogP contribution in [0.5, 0.6) is 0 Å². The van der Waals surface area contributed by atoms with E-state index in [2.05, 4.69) is 80.4 Å². The lowest BCUT2D eigenvalue weighted by molar-refractivity contribution is 0.188. The Morgan fingerprint density at radius 1 is 1.21 bits per heavy atom. The number of piperazine rings is 1. The number of anilines is 1. The summed E-state index contributed by atoms with van der Waals surface area (Å²) in [5.41, 5.74) is 9.95. The van der Waals surface area contributed by atoms with Gasteiger partial charge in [0.25, 0.3) is 0 Å². The molecule has 2 N–H and O–H groups in total. The van der Waals surface area contributed by atoms with Crippen LogP contribution in [0.1, 0.15) is 32.8 Å². The van der Waals surface area contributed by atoms with Gasteiger partial charge < -0.3 is 20.4 Å². The van der Waals surface area contributed by atoms with Crippen molar-refractivity contribution in [3.05, 3.63) is 63.4 Å². The van der Waals surface area contributed by atoms with Gasteiger partial charge >= 0.3 is 0 Å². The zero-order valence-electron chi connectivity index (χ0n) is 22.7. The fourth-order valence-electron chi connectivity index (χ4n) is 5.17. The van der Waals surface area contributed by atoms with Crippen molar-refractivity contribution in [2.24, 2.45) is 22.7 Å². The van der Waals surface area contributed by atoms with Crippen LogP contribution < -0.4 is 10.6 Å². The molecule has 1 saturated heterocycles. The van der Waals surface area contributed by atoms with Crippen molar-refractivity contribution in [3.8, 4) is 11.1 Å². The van der Waals surface area contributed by atoms with Gasteiger partial charge in [-0.25, -0.2) is 14.4 Å². The Balaban J connectivity index is 1.44. The minimum Gasteiger partial charge on any atom is -0.360 e. The van der Waals surface area contributed by atoms with Gasteiger partial charge in [-0.2, -0.15) is 11.8 Å².